The lowest BCUT2D eigenvalue weighted by molar-refractivity contribution is 0.802. The van der Waals surface area contributed by atoms with Gasteiger partial charge in [-0.3, -0.25) is 0 Å². The third-order valence-corrected chi connectivity index (χ3v) is 3.31. The molecule has 20 heavy (non-hydrogen) atoms. The van der Waals surface area contributed by atoms with Crippen LogP contribution < -0.4 is 0 Å². The van der Waals surface area contributed by atoms with Crippen LogP contribution in [0.25, 0.3) is 16.9 Å². The van der Waals surface area contributed by atoms with E-state index in [2.05, 4.69) is 73.5 Å². The molecule has 0 unspecified atom stereocenters. The molecular formula is C17H17N3. The molecular weight excluding hydrogens is 246 g/mol. The van der Waals surface area contributed by atoms with Gasteiger partial charge in [0.15, 0.2) is 0 Å². The molecule has 0 aliphatic rings. The lowest BCUT2D eigenvalue weighted by Gasteiger charge is -2.03. The largest absolute Gasteiger partial charge is 0.220 e. The van der Waals surface area contributed by atoms with Crippen LogP contribution >= 0.6 is 0 Å². The molecule has 0 radical (unpaired) electrons. The Balaban J connectivity index is 1.99. The number of hydrogen-bond donors (Lipinski definition) is 0. The molecule has 1 heterocycles. The molecule has 2 aromatic carbocycles. The van der Waals surface area contributed by atoms with Crippen molar-refractivity contribution in [1.29, 1.82) is 0 Å². The van der Waals surface area contributed by atoms with Crippen molar-refractivity contribution in [2.75, 3.05) is 0 Å². The van der Waals surface area contributed by atoms with Gasteiger partial charge in [-0.25, -0.2) is 4.68 Å². The molecule has 0 bridgehead atoms. The molecule has 3 heteroatoms. The van der Waals surface area contributed by atoms with Crippen LogP contribution in [-0.4, -0.2) is 15.0 Å². The molecule has 3 rings (SSSR count). The van der Waals surface area contributed by atoms with E-state index in [1.807, 2.05) is 10.9 Å². The van der Waals surface area contributed by atoms with E-state index in [4.69, 9.17) is 0 Å². The second-order valence-electron chi connectivity index (χ2n) is 5.26. The highest BCUT2D eigenvalue weighted by Crippen LogP contribution is 2.19. The molecule has 0 fully saturated rings. The molecule has 1 aromatic heterocycles. The van der Waals surface area contributed by atoms with E-state index in [0.29, 0.717) is 0 Å². The molecule has 0 atom stereocenters. The standard InChI is InChI=1S/C17H17N3/c1-12-4-6-15(7-5-12)17-11-20(19-18-17)16-9-13(2)8-14(3)10-16/h4-11H,1-3H3. The zero-order valence-electron chi connectivity index (χ0n) is 12.0. The number of nitrogens with zero attached hydrogens (tertiary/aromatic N) is 3. The lowest BCUT2D eigenvalue weighted by Crippen LogP contribution is -1.96. The maximum atomic E-state index is 4.26. The van der Waals surface area contributed by atoms with Gasteiger partial charge in [-0.2, -0.15) is 0 Å². The fourth-order valence-corrected chi connectivity index (χ4v) is 2.33. The smallest absolute Gasteiger partial charge is 0.113 e. The summed E-state index contributed by atoms with van der Waals surface area (Å²) in [5.41, 5.74) is 6.74. The second-order valence-corrected chi connectivity index (χ2v) is 5.26. The summed E-state index contributed by atoms with van der Waals surface area (Å²) in [5.74, 6) is 0. The Bertz CT molecular complexity index is 719. The van der Waals surface area contributed by atoms with Crippen molar-refractivity contribution in [3.05, 3.63) is 65.4 Å². The van der Waals surface area contributed by atoms with E-state index in [9.17, 15) is 0 Å². The maximum Gasteiger partial charge on any atom is 0.113 e. The fourth-order valence-electron chi connectivity index (χ4n) is 2.33. The van der Waals surface area contributed by atoms with Crippen LogP contribution in [-0.2, 0) is 0 Å². The molecule has 0 aliphatic carbocycles. The van der Waals surface area contributed by atoms with Crippen LogP contribution in [0.4, 0.5) is 0 Å². The van der Waals surface area contributed by atoms with Crippen LogP contribution in [0.5, 0.6) is 0 Å². The van der Waals surface area contributed by atoms with E-state index < -0.39 is 0 Å². The van der Waals surface area contributed by atoms with E-state index in [-0.39, 0.29) is 0 Å². The zero-order valence-corrected chi connectivity index (χ0v) is 12.0. The third kappa shape index (κ3) is 2.48. The minimum atomic E-state index is 0.893. The minimum absolute atomic E-state index is 0.893. The highest BCUT2D eigenvalue weighted by Gasteiger charge is 2.06. The molecule has 0 spiro atoms. The van der Waals surface area contributed by atoms with Gasteiger partial charge in [0, 0.05) is 5.56 Å². The summed E-state index contributed by atoms with van der Waals surface area (Å²) in [5, 5.41) is 8.50. The van der Waals surface area contributed by atoms with Gasteiger partial charge in [-0.05, 0) is 44.0 Å². The lowest BCUT2D eigenvalue weighted by atomic mass is 10.1. The summed E-state index contributed by atoms with van der Waals surface area (Å²) >= 11 is 0. The summed E-state index contributed by atoms with van der Waals surface area (Å²) in [6.07, 6.45) is 1.97. The Morgan fingerprint density at radius 1 is 0.800 bits per heavy atom. The van der Waals surface area contributed by atoms with Gasteiger partial charge < -0.3 is 0 Å². The quantitative estimate of drug-likeness (QED) is 0.703. The van der Waals surface area contributed by atoms with Crippen LogP contribution in [0, 0.1) is 20.8 Å². The molecule has 3 aromatic rings. The topological polar surface area (TPSA) is 30.7 Å². The third-order valence-electron chi connectivity index (χ3n) is 3.31. The fraction of sp³-hybridized carbons (Fsp3) is 0.176. The van der Waals surface area contributed by atoms with Crippen LogP contribution in [0.3, 0.4) is 0 Å². The molecule has 0 amide bonds. The summed E-state index contributed by atoms with van der Waals surface area (Å²) in [6, 6.07) is 14.7. The average Bonchev–Trinajstić information content (AvgIpc) is 2.88. The number of aryl methyl sites for hydroxylation is 3. The Morgan fingerprint density at radius 3 is 2.10 bits per heavy atom. The van der Waals surface area contributed by atoms with E-state index in [1.165, 1.54) is 16.7 Å². The predicted octanol–water partition coefficient (Wildman–Crippen LogP) is 3.86. The van der Waals surface area contributed by atoms with Crippen LogP contribution in [0.15, 0.2) is 48.7 Å². The summed E-state index contributed by atoms with van der Waals surface area (Å²) < 4.78 is 1.83. The zero-order chi connectivity index (χ0) is 14.1. The SMILES string of the molecule is Cc1ccc(-c2cn(-c3cc(C)cc(C)c3)nn2)cc1. The van der Waals surface area contributed by atoms with Crippen molar-refractivity contribution in [3.63, 3.8) is 0 Å². The summed E-state index contributed by atoms with van der Waals surface area (Å²) in [7, 11) is 0. The van der Waals surface area contributed by atoms with Crippen LogP contribution in [0.1, 0.15) is 16.7 Å². The average molecular weight is 263 g/mol. The number of benzene rings is 2. The number of aromatic nitrogens is 3. The first kappa shape index (κ1) is 12.6. The minimum Gasteiger partial charge on any atom is -0.220 e. The Labute approximate surface area is 118 Å². The van der Waals surface area contributed by atoms with Crippen LogP contribution in [0.2, 0.25) is 0 Å². The first-order valence-corrected chi connectivity index (χ1v) is 6.70. The summed E-state index contributed by atoms with van der Waals surface area (Å²) in [4.78, 5) is 0. The second kappa shape index (κ2) is 4.93. The highest BCUT2D eigenvalue weighted by molar-refractivity contribution is 5.58. The number of hydrogen-bond acceptors (Lipinski definition) is 2. The van der Waals surface area contributed by atoms with Gasteiger partial charge in [0.1, 0.15) is 5.69 Å². The van der Waals surface area contributed by atoms with Gasteiger partial charge in [0.2, 0.25) is 0 Å². The molecule has 0 N–H and O–H groups in total. The van der Waals surface area contributed by atoms with Crippen molar-refractivity contribution in [2.45, 2.75) is 20.8 Å². The van der Waals surface area contributed by atoms with Crippen molar-refractivity contribution < 1.29 is 0 Å². The normalized spacial score (nSPS) is 10.8. The van der Waals surface area contributed by atoms with Gasteiger partial charge in [0.25, 0.3) is 0 Å². The van der Waals surface area contributed by atoms with Gasteiger partial charge in [-0.15, -0.1) is 5.10 Å². The number of rotatable bonds is 2. The Morgan fingerprint density at radius 2 is 1.45 bits per heavy atom. The Hall–Kier alpha value is -2.42. The van der Waals surface area contributed by atoms with Gasteiger partial charge in [-0.1, -0.05) is 41.1 Å². The summed E-state index contributed by atoms with van der Waals surface area (Å²) in [6.45, 7) is 6.26. The highest BCUT2D eigenvalue weighted by atomic mass is 15.4. The molecule has 3 nitrogen and oxygen atoms in total. The Kier molecular flexibility index (Phi) is 3.11. The molecule has 0 saturated carbocycles. The maximum absolute atomic E-state index is 4.26. The van der Waals surface area contributed by atoms with E-state index in [0.717, 1.165) is 16.9 Å². The predicted molar refractivity (Wildman–Crippen MR) is 81.0 cm³/mol. The van der Waals surface area contributed by atoms with Gasteiger partial charge in [0.05, 0.1) is 11.9 Å². The van der Waals surface area contributed by atoms with E-state index >= 15 is 0 Å². The van der Waals surface area contributed by atoms with Crippen molar-refractivity contribution in [1.82, 2.24) is 15.0 Å². The molecule has 0 saturated heterocycles. The monoisotopic (exact) mass is 263 g/mol. The molecule has 0 aliphatic heterocycles. The molecule has 100 valence electrons. The first-order chi connectivity index (χ1) is 9.61. The van der Waals surface area contributed by atoms with E-state index in [1.54, 1.807) is 0 Å². The van der Waals surface area contributed by atoms with Gasteiger partial charge >= 0.3 is 0 Å². The van der Waals surface area contributed by atoms with Crippen molar-refractivity contribution in [3.8, 4) is 16.9 Å². The van der Waals surface area contributed by atoms with Crippen molar-refractivity contribution in [2.24, 2.45) is 0 Å². The van der Waals surface area contributed by atoms with Crippen molar-refractivity contribution >= 4 is 0 Å². The first-order valence-electron chi connectivity index (χ1n) is 6.70.